The number of ether oxygens (including phenoxy) is 1. The molecule has 0 saturated heterocycles. The number of rotatable bonds is 8. The Kier molecular flexibility index (Phi) is 8.87. The highest BCUT2D eigenvalue weighted by Crippen LogP contribution is 2.03. The number of likely N-dealkylation sites (N-methyl/N-ethyl adjacent to an activating group) is 1. The maximum absolute atomic E-state index is 11.6. The van der Waals surface area contributed by atoms with Crippen LogP contribution in [0.3, 0.4) is 0 Å². The Labute approximate surface area is 116 Å². The van der Waals surface area contributed by atoms with E-state index in [0.29, 0.717) is 37.5 Å². The summed E-state index contributed by atoms with van der Waals surface area (Å²) in [5.74, 6) is 0.140. The van der Waals surface area contributed by atoms with Gasteiger partial charge in [-0.3, -0.25) is 9.69 Å². The fourth-order valence-corrected chi connectivity index (χ4v) is 1.45. The van der Waals surface area contributed by atoms with E-state index in [4.69, 9.17) is 0 Å². The van der Waals surface area contributed by atoms with Crippen molar-refractivity contribution in [3.8, 4) is 0 Å². The Morgan fingerprint density at radius 3 is 2.47 bits per heavy atom. The van der Waals surface area contributed by atoms with E-state index in [0.717, 1.165) is 0 Å². The van der Waals surface area contributed by atoms with Crippen LogP contribution < -0.4 is 5.32 Å². The van der Waals surface area contributed by atoms with Gasteiger partial charge in [-0.1, -0.05) is 26.8 Å². The molecule has 0 saturated carbocycles. The van der Waals surface area contributed by atoms with Crippen molar-refractivity contribution in [2.24, 2.45) is 5.92 Å². The minimum absolute atomic E-state index is 0.000663. The normalized spacial score (nSPS) is 11.8. The SMILES string of the molecule is CCC(=CCN(C)CC(=O)NCC(C)C)C(=O)OC. The third-order valence-corrected chi connectivity index (χ3v) is 2.60. The van der Waals surface area contributed by atoms with Crippen LogP contribution in [0.15, 0.2) is 11.6 Å². The van der Waals surface area contributed by atoms with E-state index in [-0.39, 0.29) is 11.9 Å². The maximum atomic E-state index is 11.6. The molecule has 0 aliphatic rings. The highest BCUT2D eigenvalue weighted by atomic mass is 16.5. The molecule has 0 aromatic heterocycles. The van der Waals surface area contributed by atoms with E-state index in [1.807, 2.05) is 24.9 Å². The first-order valence-electron chi connectivity index (χ1n) is 6.63. The molecule has 0 fully saturated rings. The van der Waals surface area contributed by atoms with Crippen molar-refractivity contribution in [2.45, 2.75) is 27.2 Å². The van der Waals surface area contributed by atoms with E-state index in [2.05, 4.69) is 23.9 Å². The van der Waals surface area contributed by atoms with Gasteiger partial charge >= 0.3 is 5.97 Å². The Balaban J connectivity index is 4.16. The summed E-state index contributed by atoms with van der Waals surface area (Å²) in [6.45, 7) is 7.56. The number of nitrogens with zero attached hydrogens (tertiary/aromatic N) is 1. The van der Waals surface area contributed by atoms with E-state index >= 15 is 0 Å². The quantitative estimate of drug-likeness (QED) is 0.532. The van der Waals surface area contributed by atoms with Crippen LogP contribution in [0.2, 0.25) is 0 Å². The molecule has 0 radical (unpaired) electrons. The summed E-state index contributed by atoms with van der Waals surface area (Å²) in [6.07, 6.45) is 2.43. The van der Waals surface area contributed by atoms with Crippen molar-refractivity contribution in [2.75, 3.05) is 33.8 Å². The van der Waals surface area contributed by atoms with E-state index in [9.17, 15) is 9.59 Å². The van der Waals surface area contributed by atoms with E-state index < -0.39 is 0 Å². The molecule has 1 N–H and O–H groups in total. The van der Waals surface area contributed by atoms with Crippen molar-refractivity contribution >= 4 is 11.9 Å². The van der Waals surface area contributed by atoms with Gasteiger partial charge < -0.3 is 10.1 Å². The zero-order chi connectivity index (χ0) is 14.8. The molecule has 0 aromatic rings. The zero-order valence-corrected chi connectivity index (χ0v) is 12.7. The third-order valence-electron chi connectivity index (χ3n) is 2.60. The minimum Gasteiger partial charge on any atom is -0.466 e. The molecule has 0 unspecified atom stereocenters. The summed E-state index contributed by atoms with van der Waals surface area (Å²) in [7, 11) is 3.21. The molecule has 5 nitrogen and oxygen atoms in total. The molecule has 5 heteroatoms. The largest absolute Gasteiger partial charge is 0.466 e. The standard InChI is InChI=1S/C14H26N2O3/c1-6-12(14(18)19-5)7-8-16(4)10-13(17)15-9-11(2)3/h7,11H,6,8-10H2,1-5H3,(H,15,17). The zero-order valence-electron chi connectivity index (χ0n) is 12.7. The second-order valence-electron chi connectivity index (χ2n) is 4.97. The molecule has 0 aromatic carbocycles. The Morgan fingerprint density at radius 2 is 2.00 bits per heavy atom. The summed E-state index contributed by atoms with van der Waals surface area (Å²) in [5.41, 5.74) is 0.636. The molecule has 19 heavy (non-hydrogen) atoms. The summed E-state index contributed by atoms with van der Waals surface area (Å²) >= 11 is 0. The Bertz CT molecular complexity index is 325. The van der Waals surface area contributed by atoms with Crippen molar-refractivity contribution in [3.05, 3.63) is 11.6 Å². The highest BCUT2D eigenvalue weighted by Gasteiger charge is 2.09. The molecule has 0 atom stereocenters. The van der Waals surface area contributed by atoms with E-state index in [1.54, 1.807) is 0 Å². The van der Waals surface area contributed by atoms with Gasteiger partial charge in [0.05, 0.1) is 13.7 Å². The van der Waals surface area contributed by atoms with Crippen LogP contribution in [0.25, 0.3) is 0 Å². The lowest BCUT2D eigenvalue weighted by Gasteiger charge is -2.15. The minimum atomic E-state index is -0.305. The average molecular weight is 270 g/mol. The number of carbonyl (C=O) groups excluding carboxylic acids is 2. The molecule has 0 aliphatic carbocycles. The summed E-state index contributed by atoms with van der Waals surface area (Å²) in [5, 5.41) is 2.86. The number of esters is 1. The number of hydrogen-bond acceptors (Lipinski definition) is 4. The lowest BCUT2D eigenvalue weighted by Crippen LogP contribution is -2.37. The van der Waals surface area contributed by atoms with Crippen molar-refractivity contribution in [1.29, 1.82) is 0 Å². The summed E-state index contributed by atoms with van der Waals surface area (Å²) in [6, 6.07) is 0. The molecule has 1 amide bonds. The molecule has 0 bridgehead atoms. The molecular formula is C14H26N2O3. The van der Waals surface area contributed by atoms with Gasteiger partial charge in [-0.05, 0) is 19.4 Å². The lowest BCUT2D eigenvalue weighted by atomic mass is 10.2. The molecule has 0 heterocycles. The monoisotopic (exact) mass is 270 g/mol. The van der Waals surface area contributed by atoms with Crippen LogP contribution >= 0.6 is 0 Å². The first-order valence-corrected chi connectivity index (χ1v) is 6.63. The fraction of sp³-hybridized carbons (Fsp3) is 0.714. The van der Waals surface area contributed by atoms with Gasteiger partial charge in [0, 0.05) is 18.7 Å². The van der Waals surface area contributed by atoms with Gasteiger partial charge in [-0.25, -0.2) is 4.79 Å². The lowest BCUT2D eigenvalue weighted by molar-refractivity contribution is -0.136. The number of nitrogens with one attached hydrogen (secondary N) is 1. The Hall–Kier alpha value is -1.36. The van der Waals surface area contributed by atoms with Crippen molar-refractivity contribution in [3.63, 3.8) is 0 Å². The van der Waals surface area contributed by atoms with Crippen LogP contribution in [-0.2, 0) is 14.3 Å². The van der Waals surface area contributed by atoms with Crippen LogP contribution in [0, 0.1) is 5.92 Å². The Morgan fingerprint density at radius 1 is 1.37 bits per heavy atom. The van der Waals surface area contributed by atoms with Crippen LogP contribution in [0.4, 0.5) is 0 Å². The van der Waals surface area contributed by atoms with Gasteiger partial charge in [0.25, 0.3) is 0 Å². The molecule has 110 valence electrons. The van der Waals surface area contributed by atoms with Gasteiger partial charge in [0.2, 0.25) is 5.91 Å². The molecular weight excluding hydrogens is 244 g/mol. The van der Waals surface area contributed by atoms with Crippen molar-refractivity contribution in [1.82, 2.24) is 10.2 Å². The van der Waals surface area contributed by atoms with Crippen LogP contribution in [-0.4, -0.2) is 50.6 Å². The van der Waals surface area contributed by atoms with Gasteiger partial charge in [-0.15, -0.1) is 0 Å². The number of amides is 1. The maximum Gasteiger partial charge on any atom is 0.333 e. The van der Waals surface area contributed by atoms with Gasteiger partial charge in [-0.2, -0.15) is 0 Å². The highest BCUT2D eigenvalue weighted by molar-refractivity contribution is 5.88. The second-order valence-corrected chi connectivity index (χ2v) is 4.97. The smallest absolute Gasteiger partial charge is 0.333 e. The number of methoxy groups -OCH3 is 1. The summed E-state index contributed by atoms with van der Waals surface area (Å²) < 4.78 is 4.68. The predicted molar refractivity (Wildman–Crippen MR) is 75.7 cm³/mol. The summed E-state index contributed by atoms with van der Waals surface area (Å²) in [4.78, 5) is 24.8. The van der Waals surface area contributed by atoms with Gasteiger partial charge in [0.15, 0.2) is 0 Å². The average Bonchev–Trinajstić information content (AvgIpc) is 2.36. The van der Waals surface area contributed by atoms with Gasteiger partial charge in [0.1, 0.15) is 0 Å². The molecule has 0 spiro atoms. The second kappa shape index (κ2) is 9.55. The first kappa shape index (κ1) is 17.6. The topological polar surface area (TPSA) is 58.6 Å². The molecule has 0 rings (SSSR count). The number of carbonyl (C=O) groups is 2. The van der Waals surface area contributed by atoms with E-state index in [1.165, 1.54) is 7.11 Å². The number of hydrogen-bond donors (Lipinski definition) is 1. The van der Waals surface area contributed by atoms with Crippen molar-refractivity contribution < 1.29 is 14.3 Å². The molecule has 0 aliphatic heterocycles. The van der Waals surface area contributed by atoms with Crippen LogP contribution in [0.5, 0.6) is 0 Å². The third kappa shape index (κ3) is 8.37. The van der Waals surface area contributed by atoms with Crippen LogP contribution in [0.1, 0.15) is 27.2 Å². The fourth-order valence-electron chi connectivity index (χ4n) is 1.45. The first-order chi connectivity index (χ1) is 8.90. The predicted octanol–water partition coefficient (Wildman–Crippen LogP) is 1.20.